The highest BCUT2D eigenvalue weighted by Crippen LogP contribution is 2.34. The zero-order valence-electron chi connectivity index (χ0n) is 19.8. The lowest BCUT2D eigenvalue weighted by Gasteiger charge is -2.15. The lowest BCUT2D eigenvalue weighted by Crippen LogP contribution is -2.30. The fourth-order valence-electron chi connectivity index (χ4n) is 4.37. The highest BCUT2D eigenvalue weighted by atomic mass is 35.5. The first-order valence-corrected chi connectivity index (χ1v) is 13.7. The second-order valence-electron chi connectivity index (χ2n) is 8.87. The van der Waals surface area contributed by atoms with Gasteiger partial charge in [-0.1, -0.05) is 11.6 Å². The van der Waals surface area contributed by atoms with Crippen molar-refractivity contribution in [1.82, 2.24) is 19.6 Å². The van der Waals surface area contributed by atoms with Crippen LogP contribution in [-0.2, 0) is 26.0 Å². The normalized spacial score (nSPS) is 15.1. The smallest absolute Gasteiger partial charge is 0.240 e. The molecule has 2 aromatic carbocycles. The Bertz CT molecular complexity index is 1460. The zero-order valence-corrected chi connectivity index (χ0v) is 21.4. The molecular formula is C25H25ClN6O4S. The lowest BCUT2D eigenvalue weighted by atomic mass is 10.1. The molecule has 1 saturated heterocycles. The minimum atomic E-state index is -3.68. The average molecular weight is 541 g/mol. The Morgan fingerprint density at radius 1 is 1.11 bits per heavy atom. The highest BCUT2D eigenvalue weighted by Gasteiger charge is 2.22. The molecule has 0 spiro atoms. The Kier molecular flexibility index (Phi) is 7.09. The van der Waals surface area contributed by atoms with E-state index in [0.29, 0.717) is 53.0 Å². The summed E-state index contributed by atoms with van der Waals surface area (Å²) in [7, 11) is -3.68. The molecule has 1 aromatic heterocycles. The Morgan fingerprint density at radius 2 is 1.92 bits per heavy atom. The van der Waals surface area contributed by atoms with Gasteiger partial charge in [0.15, 0.2) is 0 Å². The summed E-state index contributed by atoms with van der Waals surface area (Å²) in [5.74, 6) is 0.254. The van der Waals surface area contributed by atoms with Crippen molar-refractivity contribution in [1.29, 1.82) is 0 Å². The zero-order chi connectivity index (χ0) is 26.0. The van der Waals surface area contributed by atoms with E-state index in [9.17, 15) is 18.0 Å². The number of hydrogen-bond acceptors (Lipinski definition) is 7. The van der Waals surface area contributed by atoms with Crippen molar-refractivity contribution in [3.8, 4) is 11.3 Å². The molecule has 10 nitrogen and oxygen atoms in total. The van der Waals surface area contributed by atoms with Gasteiger partial charge in [-0.25, -0.2) is 23.1 Å². The summed E-state index contributed by atoms with van der Waals surface area (Å²) < 4.78 is 27.9. The van der Waals surface area contributed by atoms with Crippen molar-refractivity contribution >= 4 is 50.8 Å². The monoisotopic (exact) mass is 540 g/mol. The Balaban J connectivity index is 1.25. The van der Waals surface area contributed by atoms with Gasteiger partial charge in [-0.05, 0) is 55.3 Å². The second-order valence-corrected chi connectivity index (χ2v) is 11.1. The number of anilines is 3. The number of carbonyl (C=O) groups excluding carboxylic acids is 2. The first-order chi connectivity index (χ1) is 17.8. The number of nitrogens with one attached hydrogen (secondary N) is 3. The average Bonchev–Trinajstić information content (AvgIpc) is 3.21. The predicted molar refractivity (Wildman–Crippen MR) is 140 cm³/mol. The summed E-state index contributed by atoms with van der Waals surface area (Å²) in [6.07, 6.45) is 3.72. The molecule has 0 aliphatic carbocycles. The van der Waals surface area contributed by atoms with Gasteiger partial charge in [0.05, 0.1) is 22.7 Å². The molecule has 5 rings (SSSR count). The molecular weight excluding hydrogens is 516 g/mol. The number of nitrogens with zero attached hydrogens (tertiary/aromatic N) is 3. The van der Waals surface area contributed by atoms with Crippen molar-refractivity contribution in [2.45, 2.75) is 30.6 Å². The van der Waals surface area contributed by atoms with E-state index >= 15 is 0 Å². The molecule has 192 valence electrons. The minimum Gasteiger partial charge on any atom is -0.343 e. The van der Waals surface area contributed by atoms with Crippen molar-refractivity contribution in [3.63, 3.8) is 0 Å². The molecule has 2 aliphatic heterocycles. The van der Waals surface area contributed by atoms with E-state index in [2.05, 4.69) is 25.3 Å². The van der Waals surface area contributed by atoms with Crippen LogP contribution in [0.1, 0.15) is 24.8 Å². The fraction of sp³-hybridized carbons (Fsp3) is 0.280. The van der Waals surface area contributed by atoms with Crippen molar-refractivity contribution < 1.29 is 18.0 Å². The molecule has 0 unspecified atom stereocenters. The van der Waals surface area contributed by atoms with Crippen LogP contribution in [0.2, 0.25) is 5.02 Å². The number of fused-ring (bicyclic) bond motifs is 3. The highest BCUT2D eigenvalue weighted by molar-refractivity contribution is 7.89. The molecule has 3 N–H and O–H groups in total. The van der Waals surface area contributed by atoms with E-state index in [0.717, 1.165) is 18.5 Å². The molecule has 37 heavy (non-hydrogen) atoms. The van der Waals surface area contributed by atoms with Gasteiger partial charge in [0, 0.05) is 54.1 Å². The summed E-state index contributed by atoms with van der Waals surface area (Å²) in [6.45, 7) is 1.54. The molecule has 3 heterocycles. The Labute approximate surface area is 219 Å². The van der Waals surface area contributed by atoms with E-state index in [1.54, 1.807) is 41.4 Å². The number of rotatable bonds is 8. The Hall–Kier alpha value is -3.54. The number of carbonyl (C=O) groups is 2. The van der Waals surface area contributed by atoms with Gasteiger partial charge in [0.25, 0.3) is 0 Å². The van der Waals surface area contributed by atoms with E-state index in [-0.39, 0.29) is 29.7 Å². The molecule has 0 bridgehead atoms. The second kappa shape index (κ2) is 10.4. The number of amides is 2. The van der Waals surface area contributed by atoms with E-state index in [1.165, 1.54) is 12.1 Å². The van der Waals surface area contributed by atoms with Crippen LogP contribution in [0.5, 0.6) is 0 Å². The molecule has 1 fully saturated rings. The standard InChI is InChI=1S/C25H25ClN6O4S/c26-17-4-9-20-21(14-17)30-22(33)13-16-15-27-25(31-24(16)20)29-18-5-7-19(8-6-18)37(35,36)28-10-2-12-32-11-1-3-23(32)34/h4-9,14-15,28H,1-3,10-13H2,(H,30,33)(H,27,29,31). The molecule has 2 aliphatic rings. The van der Waals surface area contributed by atoms with Crippen LogP contribution < -0.4 is 15.4 Å². The van der Waals surface area contributed by atoms with Gasteiger partial charge in [-0.15, -0.1) is 0 Å². The van der Waals surface area contributed by atoms with Gasteiger partial charge in [-0.3, -0.25) is 9.59 Å². The van der Waals surface area contributed by atoms with Crippen LogP contribution in [0.4, 0.5) is 17.3 Å². The number of aromatic nitrogens is 2. The third-order valence-corrected chi connectivity index (χ3v) is 7.93. The number of sulfonamides is 1. The van der Waals surface area contributed by atoms with Crippen LogP contribution in [0.3, 0.4) is 0 Å². The molecule has 0 radical (unpaired) electrons. The predicted octanol–water partition coefficient (Wildman–Crippen LogP) is 3.33. The molecule has 2 amide bonds. The van der Waals surface area contributed by atoms with Gasteiger partial charge < -0.3 is 15.5 Å². The van der Waals surface area contributed by atoms with Crippen molar-refractivity contribution in [2.75, 3.05) is 30.3 Å². The first-order valence-electron chi connectivity index (χ1n) is 11.9. The third kappa shape index (κ3) is 5.74. The number of likely N-dealkylation sites (tertiary alicyclic amines) is 1. The number of halogens is 1. The molecule has 0 saturated carbocycles. The summed E-state index contributed by atoms with van der Waals surface area (Å²) in [6, 6.07) is 11.5. The van der Waals surface area contributed by atoms with Crippen LogP contribution in [0.15, 0.2) is 53.6 Å². The van der Waals surface area contributed by atoms with Crippen LogP contribution in [0.25, 0.3) is 11.3 Å². The molecule has 12 heteroatoms. The number of benzene rings is 2. The van der Waals surface area contributed by atoms with Crippen LogP contribution >= 0.6 is 11.6 Å². The van der Waals surface area contributed by atoms with Crippen LogP contribution in [-0.4, -0.2) is 54.7 Å². The maximum atomic E-state index is 12.6. The van der Waals surface area contributed by atoms with Gasteiger partial charge in [0.2, 0.25) is 27.8 Å². The summed E-state index contributed by atoms with van der Waals surface area (Å²) >= 11 is 6.10. The third-order valence-electron chi connectivity index (χ3n) is 6.22. The van der Waals surface area contributed by atoms with Crippen molar-refractivity contribution in [3.05, 3.63) is 59.2 Å². The largest absolute Gasteiger partial charge is 0.343 e. The first kappa shape index (κ1) is 25.1. The molecule has 3 aromatic rings. The maximum absolute atomic E-state index is 12.6. The summed E-state index contributed by atoms with van der Waals surface area (Å²) in [5, 5.41) is 6.43. The quantitative estimate of drug-likeness (QED) is 0.373. The van der Waals surface area contributed by atoms with E-state index in [1.807, 2.05) is 0 Å². The van der Waals surface area contributed by atoms with E-state index < -0.39 is 10.0 Å². The van der Waals surface area contributed by atoms with Gasteiger partial charge in [0.1, 0.15) is 0 Å². The van der Waals surface area contributed by atoms with Gasteiger partial charge in [-0.2, -0.15) is 0 Å². The topological polar surface area (TPSA) is 133 Å². The van der Waals surface area contributed by atoms with Crippen LogP contribution in [0, 0.1) is 0 Å². The Morgan fingerprint density at radius 3 is 2.68 bits per heavy atom. The minimum absolute atomic E-state index is 0.128. The van der Waals surface area contributed by atoms with Crippen molar-refractivity contribution in [2.24, 2.45) is 0 Å². The fourth-order valence-corrected chi connectivity index (χ4v) is 5.62. The summed E-state index contributed by atoms with van der Waals surface area (Å²) in [4.78, 5) is 34.8. The SMILES string of the molecule is O=C1Cc2cnc(Nc3ccc(S(=O)(=O)NCCCN4CCCC4=O)cc3)nc2-c2ccc(Cl)cc2N1. The maximum Gasteiger partial charge on any atom is 0.240 e. The van der Waals surface area contributed by atoms with E-state index in [4.69, 9.17) is 11.6 Å². The number of hydrogen-bond donors (Lipinski definition) is 3. The van der Waals surface area contributed by atoms with Gasteiger partial charge >= 0.3 is 0 Å². The molecule has 0 atom stereocenters. The lowest BCUT2D eigenvalue weighted by molar-refractivity contribution is -0.127. The summed E-state index contributed by atoms with van der Waals surface area (Å²) in [5.41, 5.74) is 3.21.